The highest BCUT2D eigenvalue weighted by atomic mass is 32.1. The summed E-state index contributed by atoms with van der Waals surface area (Å²) in [4.78, 5) is 18.1. The summed E-state index contributed by atoms with van der Waals surface area (Å²) in [7, 11) is 0. The molecule has 120 valence electrons. The molecule has 0 bridgehead atoms. The van der Waals surface area contributed by atoms with E-state index < -0.39 is 0 Å². The van der Waals surface area contributed by atoms with Gasteiger partial charge >= 0.3 is 5.88 Å². The number of nitrogens with zero attached hydrogens (tertiary/aromatic N) is 3. The number of aryl methyl sites for hydroxylation is 2. The predicted molar refractivity (Wildman–Crippen MR) is 88.5 cm³/mol. The van der Waals surface area contributed by atoms with Gasteiger partial charge in [0.05, 0.1) is 5.69 Å². The van der Waals surface area contributed by atoms with Crippen molar-refractivity contribution >= 4 is 39.0 Å². The van der Waals surface area contributed by atoms with Gasteiger partial charge in [0.1, 0.15) is 9.71 Å². The van der Waals surface area contributed by atoms with Crippen LogP contribution >= 0.6 is 11.3 Å². The number of nitrogens with two attached hydrogens (primary N) is 1. The molecule has 7 nitrogen and oxygen atoms in total. The fourth-order valence-electron chi connectivity index (χ4n) is 2.36. The third kappa shape index (κ3) is 2.77. The molecule has 3 heterocycles. The summed E-state index contributed by atoms with van der Waals surface area (Å²) in [6.45, 7) is 7.81. The van der Waals surface area contributed by atoms with Crippen molar-refractivity contribution in [2.24, 2.45) is 0 Å². The van der Waals surface area contributed by atoms with Gasteiger partial charge in [-0.2, -0.15) is 0 Å². The molecule has 0 atom stereocenters. The smallest absolute Gasteiger partial charge is 0.302 e. The van der Waals surface area contributed by atoms with Gasteiger partial charge in [-0.15, -0.1) is 11.3 Å². The standard InChI is InChI=1S/C15H17N5O2S/c1-7(2)20-6-10(22-19-20)18-14(21)13-12(16)11-8(3)5-9(4)17-15(11)23-13/h5-7H,1-4H3,(H2-,16,18,19,21)/p+1. The summed E-state index contributed by atoms with van der Waals surface area (Å²) in [5.41, 5.74) is 8.52. The first-order valence-electron chi connectivity index (χ1n) is 7.22. The van der Waals surface area contributed by atoms with Crippen molar-refractivity contribution in [3.8, 4) is 0 Å². The number of nitrogens with one attached hydrogen (secondary N) is 1. The number of fused-ring (bicyclic) bond motifs is 1. The molecule has 23 heavy (non-hydrogen) atoms. The van der Waals surface area contributed by atoms with Crippen molar-refractivity contribution in [1.29, 1.82) is 0 Å². The summed E-state index contributed by atoms with van der Waals surface area (Å²) in [5, 5.41) is 7.36. The molecule has 0 aliphatic heterocycles. The minimum atomic E-state index is -0.324. The lowest BCUT2D eigenvalue weighted by molar-refractivity contribution is -0.779. The maximum Gasteiger partial charge on any atom is 0.302 e. The largest absolute Gasteiger partial charge is 0.397 e. The Balaban J connectivity index is 1.94. The van der Waals surface area contributed by atoms with E-state index in [1.54, 1.807) is 10.9 Å². The Morgan fingerprint density at radius 3 is 2.83 bits per heavy atom. The van der Waals surface area contributed by atoms with E-state index in [2.05, 4.69) is 15.6 Å². The van der Waals surface area contributed by atoms with Gasteiger partial charge in [-0.25, -0.2) is 4.98 Å². The number of hydrogen-bond acceptors (Lipinski definition) is 6. The van der Waals surface area contributed by atoms with Crippen LogP contribution in [-0.4, -0.2) is 16.2 Å². The number of carbonyl (C=O) groups is 1. The lowest BCUT2D eigenvalue weighted by atomic mass is 10.1. The van der Waals surface area contributed by atoms with E-state index in [1.165, 1.54) is 11.3 Å². The molecule has 1 amide bonds. The second kappa shape index (κ2) is 5.62. The van der Waals surface area contributed by atoms with Crippen LogP contribution < -0.4 is 15.7 Å². The molecule has 0 spiro atoms. The van der Waals surface area contributed by atoms with Gasteiger partial charge in [0.25, 0.3) is 12.1 Å². The molecular weight excluding hydrogens is 314 g/mol. The summed E-state index contributed by atoms with van der Waals surface area (Å²) >= 11 is 1.28. The van der Waals surface area contributed by atoms with Crippen molar-refractivity contribution < 1.29 is 14.0 Å². The summed E-state index contributed by atoms with van der Waals surface area (Å²) in [6, 6.07) is 2.10. The first-order valence-corrected chi connectivity index (χ1v) is 8.04. The summed E-state index contributed by atoms with van der Waals surface area (Å²) < 4.78 is 6.73. The number of thiophene rings is 1. The molecule has 8 heteroatoms. The van der Waals surface area contributed by atoms with Crippen molar-refractivity contribution in [2.75, 3.05) is 11.1 Å². The highest BCUT2D eigenvalue weighted by molar-refractivity contribution is 7.21. The molecule has 0 radical (unpaired) electrons. The normalized spacial score (nSPS) is 11.3. The van der Waals surface area contributed by atoms with Gasteiger partial charge in [-0.05, 0) is 44.0 Å². The monoisotopic (exact) mass is 332 g/mol. The molecule has 3 aromatic heterocycles. The van der Waals surface area contributed by atoms with Crippen LogP contribution in [0.25, 0.3) is 10.2 Å². The average molecular weight is 332 g/mol. The molecule has 0 fully saturated rings. The molecule has 3 aromatic rings. The van der Waals surface area contributed by atoms with Crippen molar-refractivity contribution in [2.45, 2.75) is 33.7 Å². The number of anilines is 2. The quantitative estimate of drug-likeness (QED) is 0.718. The average Bonchev–Trinajstić information content (AvgIpc) is 3.03. The van der Waals surface area contributed by atoms with E-state index in [0.29, 0.717) is 10.6 Å². The number of rotatable bonds is 3. The molecule has 0 saturated carbocycles. The fraction of sp³-hybridized carbons (Fsp3) is 0.333. The van der Waals surface area contributed by atoms with Crippen LogP contribution in [0.15, 0.2) is 16.8 Å². The van der Waals surface area contributed by atoms with E-state index in [4.69, 9.17) is 10.3 Å². The van der Waals surface area contributed by atoms with Crippen LogP contribution in [0.2, 0.25) is 0 Å². The van der Waals surface area contributed by atoms with Gasteiger partial charge in [0.15, 0.2) is 6.04 Å². The highest BCUT2D eigenvalue weighted by Crippen LogP contribution is 2.35. The minimum absolute atomic E-state index is 0.147. The molecule has 0 aliphatic rings. The third-order valence-corrected chi connectivity index (χ3v) is 4.58. The van der Waals surface area contributed by atoms with Crippen LogP contribution in [0.5, 0.6) is 0 Å². The SMILES string of the molecule is Cc1cc(C)c2c(N)c(C(=O)Nc3c[n+](C(C)C)no3)sc2n1. The van der Waals surface area contributed by atoms with Gasteiger partial charge in [0.2, 0.25) is 5.27 Å². The molecular formula is C15H18N5O2S+. The molecule has 0 aliphatic carbocycles. The van der Waals surface area contributed by atoms with Crippen LogP contribution in [0.4, 0.5) is 11.6 Å². The highest BCUT2D eigenvalue weighted by Gasteiger charge is 2.22. The van der Waals surface area contributed by atoms with Crippen LogP contribution in [-0.2, 0) is 0 Å². The van der Waals surface area contributed by atoms with Crippen LogP contribution in [0.3, 0.4) is 0 Å². The fourth-order valence-corrected chi connectivity index (χ4v) is 3.48. The maximum absolute atomic E-state index is 12.5. The zero-order valence-electron chi connectivity index (χ0n) is 13.4. The van der Waals surface area contributed by atoms with E-state index in [1.807, 2.05) is 33.8 Å². The zero-order chi connectivity index (χ0) is 16.7. The minimum Gasteiger partial charge on any atom is -0.397 e. The van der Waals surface area contributed by atoms with Gasteiger partial charge in [-0.1, -0.05) is 0 Å². The molecule has 0 saturated heterocycles. The Hall–Kier alpha value is -2.48. The number of hydrogen-bond donors (Lipinski definition) is 2. The van der Waals surface area contributed by atoms with Gasteiger partial charge in [-0.3, -0.25) is 14.6 Å². The Bertz CT molecular complexity index is 897. The summed E-state index contributed by atoms with van der Waals surface area (Å²) in [5.74, 6) is -0.0453. The Kier molecular flexibility index (Phi) is 3.77. The number of carbonyl (C=O) groups excluding carboxylic acids is 1. The van der Waals surface area contributed by atoms with Crippen molar-refractivity contribution in [3.05, 3.63) is 28.4 Å². The van der Waals surface area contributed by atoms with E-state index in [0.717, 1.165) is 21.5 Å². The Labute approximate surface area is 137 Å². The Morgan fingerprint density at radius 1 is 1.43 bits per heavy atom. The molecule has 3 N–H and O–H groups in total. The maximum atomic E-state index is 12.5. The number of amides is 1. The number of aromatic nitrogens is 3. The zero-order valence-corrected chi connectivity index (χ0v) is 14.2. The second-order valence-corrected chi connectivity index (χ2v) is 6.70. The third-order valence-electron chi connectivity index (χ3n) is 3.48. The van der Waals surface area contributed by atoms with Crippen LogP contribution in [0.1, 0.15) is 40.8 Å². The van der Waals surface area contributed by atoms with Gasteiger partial charge in [0, 0.05) is 11.1 Å². The molecule has 0 unspecified atom stereocenters. The van der Waals surface area contributed by atoms with E-state index >= 15 is 0 Å². The summed E-state index contributed by atoms with van der Waals surface area (Å²) in [6.07, 6.45) is 1.64. The van der Waals surface area contributed by atoms with Crippen LogP contribution in [0, 0.1) is 13.8 Å². The lowest BCUT2D eigenvalue weighted by Gasteiger charge is -2.00. The second-order valence-electron chi connectivity index (χ2n) is 5.70. The topological polar surface area (TPSA) is 97.9 Å². The van der Waals surface area contributed by atoms with E-state index in [9.17, 15) is 4.79 Å². The molecule has 3 rings (SSSR count). The first-order chi connectivity index (χ1) is 10.9. The lowest BCUT2D eigenvalue weighted by Crippen LogP contribution is -2.36. The number of nitrogen functional groups attached to an aromatic ring is 1. The first kappa shape index (κ1) is 15.4. The predicted octanol–water partition coefficient (Wildman–Crippen LogP) is 2.60. The Morgan fingerprint density at radius 2 is 2.17 bits per heavy atom. The van der Waals surface area contributed by atoms with Crippen molar-refractivity contribution in [3.63, 3.8) is 0 Å². The number of pyridine rings is 1. The molecule has 0 aromatic carbocycles. The van der Waals surface area contributed by atoms with E-state index in [-0.39, 0.29) is 17.8 Å². The van der Waals surface area contributed by atoms with Gasteiger partial charge < -0.3 is 5.73 Å². The van der Waals surface area contributed by atoms with Crippen molar-refractivity contribution in [1.82, 2.24) is 10.3 Å².